The van der Waals surface area contributed by atoms with Crippen molar-refractivity contribution in [2.24, 2.45) is 0 Å². The number of hydrogen-bond donors (Lipinski definition) is 0. The number of rotatable bonds is 2. The summed E-state index contributed by atoms with van der Waals surface area (Å²) >= 11 is 0. The monoisotopic (exact) mass is 274 g/mol. The minimum Gasteiger partial charge on any atom is -0.375 e. The second-order valence-electron chi connectivity index (χ2n) is 5.97. The number of amides is 1. The topological polar surface area (TPSA) is 42.4 Å². The molecular formula is C16H22N2O2. The molecule has 108 valence electrons. The maximum atomic E-state index is 12.3. The lowest BCUT2D eigenvalue weighted by molar-refractivity contribution is -0.131. The van der Waals surface area contributed by atoms with Gasteiger partial charge in [-0.15, -0.1) is 0 Å². The van der Waals surface area contributed by atoms with Crippen LogP contribution in [0.1, 0.15) is 43.5 Å². The Bertz CT molecular complexity index is 495. The van der Waals surface area contributed by atoms with E-state index in [2.05, 4.69) is 4.98 Å². The molecular weight excluding hydrogens is 252 g/mol. The Labute approximate surface area is 120 Å². The number of aromatic nitrogens is 1. The Kier molecular flexibility index (Phi) is 3.74. The maximum Gasteiger partial charge on any atom is 0.223 e. The predicted molar refractivity (Wildman–Crippen MR) is 76.2 cm³/mol. The lowest BCUT2D eigenvalue weighted by Crippen LogP contribution is -2.32. The Morgan fingerprint density at radius 3 is 3.00 bits per heavy atom. The van der Waals surface area contributed by atoms with Crippen LogP contribution in [-0.4, -0.2) is 34.5 Å². The van der Waals surface area contributed by atoms with Gasteiger partial charge >= 0.3 is 0 Å². The van der Waals surface area contributed by atoms with Crippen molar-refractivity contribution in [2.75, 3.05) is 13.2 Å². The van der Waals surface area contributed by atoms with Crippen molar-refractivity contribution in [3.05, 3.63) is 29.6 Å². The van der Waals surface area contributed by atoms with Gasteiger partial charge in [0.15, 0.2) is 0 Å². The largest absolute Gasteiger partial charge is 0.375 e. The molecule has 1 atom stereocenters. The van der Waals surface area contributed by atoms with Crippen molar-refractivity contribution in [2.45, 2.75) is 51.2 Å². The normalized spacial score (nSPS) is 27.1. The van der Waals surface area contributed by atoms with Gasteiger partial charge in [-0.2, -0.15) is 0 Å². The summed E-state index contributed by atoms with van der Waals surface area (Å²) in [5.41, 5.74) is 1.95. The minimum atomic E-state index is -0.0234. The second kappa shape index (κ2) is 5.52. The molecule has 0 radical (unpaired) electrons. The number of nitrogens with zero attached hydrogens (tertiary/aromatic N) is 2. The smallest absolute Gasteiger partial charge is 0.223 e. The van der Waals surface area contributed by atoms with Gasteiger partial charge in [-0.1, -0.05) is 6.07 Å². The molecule has 0 unspecified atom stereocenters. The average Bonchev–Trinajstić information content (AvgIpc) is 2.84. The van der Waals surface area contributed by atoms with Crippen LogP contribution in [0.25, 0.3) is 0 Å². The minimum absolute atomic E-state index is 0.0234. The van der Waals surface area contributed by atoms with E-state index < -0.39 is 0 Å². The van der Waals surface area contributed by atoms with Crippen molar-refractivity contribution in [3.63, 3.8) is 0 Å². The molecule has 1 spiro atoms. The zero-order chi connectivity index (χ0) is 14.0. The molecule has 4 heteroatoms. The molecule has 1 amide bonds. The van der Waals surface area contributed by atoms with Crippen molar-refractivity contribution in [1.82, 2.24) is 9.88 Å². The molecule has 4 nitrogen and oxygen atoms in total. The fourth-order valence-corrected chi connectivity index (χ4v) is 3.28. The van der Waals surface area contributed by atoms with E-state index in [9.17, 15) is 4.79 Å². The van der Waals surface area contributed by atoms with Crippen LogP contribution < -0.4 is 0 Å². The number of pyridine rings is 1. The van der Waals surface area contributed by atoms with E-state index >= 15 is 0 Å². The zero-order valence-electron chi connectivity index (χ0n) is 12.1. The summed E-state index contributed by atoms with van der Waals surface area (Å²) in [6.45, 7) is 4.24. The Morgan fingerprint density at radius 1 is 1.35 bits per heavy atom. The lowest BCUT2D eigenvalue weighted by atomic mass is 9.92. The summed E-state index contributed by atoms with van der Waals surface area (Å²) in [6, 6.07) is 5.98. The highest BCUT2D eigenvalue weighted by Gasteiger charge is 2.38. The quantitative estimate of drug-likeness (QED) is 0.832. The third-order valence-electron chi connectivity index (χ3n) is 4.47. The number of carbonyl (C=O) groups excluding carboxylic acids is 1. The van der Waals surface area contributed by atoms with Gasteiger partial charge in [0.25, 0.3) is 0 Å². The third-order valence-corrected chi connectivity index (χ3v) is 4.47. The molecule has 1 aromatic rings. The van der Waals surface area contributed by atoms with E-state index in [1.54, 1.807) is 0 Å². The highest BCUT2D eigenvalue weighted by atomic mass is 16.5. The Hall–Kier alpha value is -1.42. The number of carbonyl (C=O) groups is 1. The Balaban J connectivity index is 1.69. The molecule has 1 aromatic heterocycles. The molecule has 2 aliphatic rings. The predicted octanol–water partition coefficient (Wildman–Crippen LogP) is 2.45. The lowest BCUT2D eigenvalue weighted by Gasteiger charge is -2.26. The van der Waals surface area contributed by atoms with E-state index in [1.807, 2.05) is 30.0 Å². The van der Waals surface area contributed by atoms with Crippen molar-refractivity contribution in [1.29, 1.82) is 0 Å². The molecule has 0 N–H and O–H groups in total. The highest BCUT2D eigenvalue weighted by Crippen LogP contribution is 2.36. The number of aryl methyl sites for hydroxylation is 1. The van der Waals surface area contributed by atoms with E-state index in [0.29, 0.717) is 13.0 Å². The Morgan fingerprint density at radius 2 is 2.25 bits per heavy atom. The summed E-state index contributed by atoms with van der Waals surface area (Å²) < 4.78 is 5.93. The fraction of sp³-hybridized carbons (Fsp3) is 0.625. The molecule has 2 saturated heterocycles. The number of hydrogen-bond acceptors (Lipinski definition) is 3. The van der Waals surface area contributed by atoms with Gasteiger partial charge in [0.2, 0.25) is 5.91 Å². The zero-order valence-corrected chi connectivity index (χ0v) is 12.1. The van der Waals surface area contributed by atoms with E-state index in [1.165, 1.54) is 0 Å². The fourth-order valence-electron chi connectivity index (χ4n) is 3.28. The van der Waals surface area contributed by atoms with Gasteiger partial charge in [-0.05, 0) is 44.7 Å². The van der Waals surface area contributed by atoms with E-state index in [0.717, 1.165) is 50.2 Å². The van der Waals surface area contributed by atoms with Gasteiger partial charge in [0.1, 0.15) is 0 Å². The molecule has 0 saturated carbocycles. The standard InChI is InChI=1S/C16H22N2O2/c1-13-4-2-5-14(17-13)12-18-10-9-16(7-3-11-20-16)8-6-15(18)19/h2,4-5H,3,6-12H2,1H3/t16-/m1/s1. The first-order valence-corrected chi connectivity index (χ1v) is 7.51. The maximum absolute atomic E-state index is 12.3. The highest BCUT2D eigenvalue weighted by molar-refractivity contribution is 5.76. The molecule has 0 aliphatic carbocycles. The van der Waals surface area contributed by atoms with Gasteiger partial charge in [0.05, 0.1) is 17.8 Å². The van der Waals surface area contributed by atoms with Gasteiger partial charge in [0, 0.05) is 25.3 Å². The summed E-state index contributed by atoms with van der Waals surface area (Å²) in [5, 5.41) is 0. The number of ether oxygens (including phenoxy) is 1. The summed E-state index contributed by atoms with van der Waals surface area (Å²) in [6.07, 6.45) is 4.68. The van der Waals surface area contributed by atoms with Gasteiger partial charge in [-0.3, -0.25) is 9.78 Å². The third kappa shape index (κ3) is 2.85. The van der Waals surface area contributed by atoms with Crippen molar-refractivity contribution >= 4 is 5.91 Å². The first-order valence-electron chi connectivity index (χ1n) is 7.51. The molecule has 0 bridgehead atoms. The SMILES string of the molecule is Cc1cccc(CN2CC[C@@]3(CCCO3)CCC2=O)n1. The summed E-state index contributed by atoms with van der Waals surface area (Å²) in [5.74, 6) is 0.237. The molecule has 3 heterocycles. The van der Waals surface area contributed by atoms with Crippen molar-refractivity contribution in [3.8, 4) is 0 Å². The van der Waals surface area contributed by atoms with Crippen LogP contribution in [0, 0.1) is 6.92 Å². The van der Waals surface area contributed by atoms with Crippen molar-refractivity contribution < 1.29 is 9.53 Å². The molecule has 2 aliphatic heterocycles. The average molecular weight is 274 g/mol. The van der Waals surface area contributed by atoms with Crippen LogP contribution in [0.4, 0.5) is 0 Å². The molecule has 0 aromatic carbocycles. The van der Waals surface area contributed by atoms with Crippen LogP contribution >= 0.6 is 0 Å². The van der Waals surface area contributed by atoms with Crippen LogP contribution in [0.15, 0.2) is 18.2 Å². The second-order valence-corrected chi connectivity index (χ2v) is 5.97. The molecule has 20 heavy (non-hydrogen) atoms. The van der Waals surface area contributed by atoms with Gasteiger partial charge in [-0.25, -0.2) is 0 Å². The van der Waals surface area contributed by atoms with Crippen LogP contribution in [0.2, 0.25) is 0 Å². The molecule has 3 rings (SSSR count). The first-order chi connectivity index (χ1) is 9.67. The van der Waals surface area contributed by atoms with E-state index in [4.69, 9.17) is 4.74 Å². The van der Waals surface area contributed by atoms with E-state index in [-0.39, 0.29) is 11.5 Å². The summed E-state index contributed by atoms with van der Waals surface area (Å²) in [7, 11) is 0. The van der Waals surface area contributed by atoms with Crippen LogP contribution in [0.3, 0.4) is 0 Å². The van der Waals surface area contributed by atoms with Gasteiger partial charge < -0.3 is 9.64 Å². The first kappa shape index (κ1) is 13.6. The van der Waals surface area contributed by atoms with Crippen LogP contribution in [0.5, 0.6) is 0 Å². The number of likely N-dealkylation sites (tertiary alicyclic amines) is 1. The summed E-state index contributed by atoms with van der Waals surface area (Å²) in [4.78, 5) is 18.7. The molecule has 2 fully saturated rings. The van der Waals surface area contributed by atoms with Crippen LogP contribution in [-0.2, 0) is 16.1 Å².